The van der Waals surface area contributed by atoms with Gasteiger partial charge in [-0.1, -0.05) is 48.5 Å². The summed E-state index contributed by atoms with van der Waals surface area (Å²) in [6, 6.07) is 24.3. The first-order valence-corrected chi connectivity index (χ1v) is 15.2. The highest BCUT2D eigenvalue weighted by Crippen LogP contribution is 2.42. The third-order valence-corrected chi connectivity index (χ3v) is 8.53. The van der Waals surface area contributed by atoms with E-state index in [2.05, 4.69) is 68.9 Å². The van der Waals surface area contributed by atoms with Crippen LogP contribution in [0.4, 0.5) is 11.6 Å². The van der Waals surface area contributed by atoms with E-state index in [0.717, 1.165) is 85.9 Å². The molecule has 222 valence electrons. The Morgan fingerprint density at radius 3 is 2.51 bits per heavy atom. The summed E-state index contributed by atoms with van der Waals surface area (Å²) in [4.78, 5) is 27.2. The molecule has 8 nitrogen and oxygen atoms in total. The van der Waals surface area contributed by atoms with E-state index in [9.17, 15) is 4.79 Å². The summed E-state index contributed by atoms with van der Waals surface area (Å²) in [7, 11) is 3.83. The SMILES string of the molecule is COc1ccc(CC(=O)Nc2ccc(C3Cc4cnc(NCCCN5CCN(C)CC5)nc4-c4ccccc43)cc2)cc1. The van der Waals surface area contributed by atoms with E-state index in [-0.39, 0.29) is 11.8 Å². The largest absolute Gasteiger partial charge is 0.497 e. The maximum Gasteiger partial charge on any atom is 0.228 e. The summed E-state index contributed by atoms with van der Waals surface area (Å²) < 4.78 is 5.20. The number of nitrogens with one attached hydrogen (secondary N) is 2. The molecule has 8 heteroatoms. The fourth-order valence-electron chi connectivity index (χ4n) is 6.03. The van der Waals surface area contributed by atoms with E-state index in [1.165, 1.54) is 11.1 Å². The molecule has 6 rings (SSSR count). The molecule has 1 atom stereocenters. The number of aromatic nitrogens is 2. The van der Waals surface area contributed by atoms with E-state index in [4.69, 9.17) is 9.72 Å². The number of benzene rings is 3. The number of amides is 1. The van der Waals surface area contributed by atoms with Crippen molar-refractivity contribution in [3.63, 3.8) is 0 Å². The van der Waals surface area contributed by atoms with Gasteiger partial charge in [-0.05, 0) is 73.0 Å². The first-order chi connectivity index (χ1) is 21.1. The van der Waals surface area contributed by atoms with Crippen molar-refractivity contribution in [2.24, 2.45) is 0 Å². The number of hydrogen-bond donors (Lipinski definition) is 2. The van der Waals surface area contributed by atoms with Crippen LogP contribution in [-0.4, -0.2) is 79.1 Å². The molecule has 2 aliphatic rings. The van der Waals surface area contributed by atoms with Crippen molar-refractivity contribution in [3.8, 4) is 17.0 Å². The van der Waals surface area contributed by atoms with E-state index >= 15 is 0 Å². The Kier molecular flexibility index (Phi) is 8.96. The van der Waals surface area contributed by atoms with Crippen molar-refractivity contribution in [1.82, 2.24) is 19.8 Å². The van der Waals surface area contributed by atoms with E-state index in [1.807, 2.05) is 42.6 Å². The molecule has 1 aliphatic heterocycles. The predicted molar refractivity (Wildman–Crippen MR) is 172 cm³/mol. The molecule has 1 saturated heterocycles. The zero-order chi connectivity index (χ0) is 29.6. The maximum atomic E-state index is 12.7. The summed E-state index contributed by atoms with van der Waals surface area (Å²) >= 11 is 0. The van der Waals surface area contributed by atoms with Crippen LogP contribution in [0.3, 0.4) is 0 Å². The van der Waals surface area contributed by atoms with Gasteiger partial charge in [0, 0.05) is 56.1 Å². The third-order valence-electron chi connectivity index (χ3n) is 8.53. The number of nitrogens with zero attached hydrogens (tertiary/aromatic N) is 4. The van der Waals surface area contributed by atoms with Crippen molar-refractivity contribution in [2.75, 3.05) is 64.1 Å². The molecule has 1 aliphatic carbocycles. The lowest BCUT2D eigenvalue weighted by atomic mass is 9.78. The van der Waals surface area contributed by atoms with Crippen LogP contribution >= 0.6 is 0 Å². The Hall–Kier alpha value is -4.27. The molecule has 0 spiro atoms. The van der Waals surface area contributed by atoms with Gasteiger partial charge >= 0.3 is 0 Å². The average molecular weight is 577 g/mol. The fourth-order valence-corrected chi connectivity index (χ4v) is 6.03. The maximum absolute atomic E-state index is 12.7. The second kappa shape index (κ2) is 13.4. The number of carbonyl (C=O) groups is 1. The second-order valence-electron chi connectivity index (χ2n) is 11.5. The molecule has 1 amide bonds. The molecular formula is C35H40N6O2. The van der Waals surface area contributed by atoms with Crippen LogP contribution in [0.2, 0.25) is 0 Å². The van der Waals surface area contributed by atoms with E-state index in [0.29, 0.717) is 12.4 Å². The molecule has 0 bridgehead atoms. The van der Waals surface area contributed by atoms with Crippen LogP contribution in [0.5, 0.6) is 5.75 Å². The summed E-state index contributed by atoms with van der Waals surface area (Å²) in [5.41, 5.74) is 7.54. The Morgan fingerprint density at radius 1 is 0.977 bits per heavy atom. The normalized spacial score (nSPS) is 16.7. The molecule has 1 aromatic heterocycles. The van der Waals surface area contributed by atoms with Crippen molar-refractivity contribution < 1.29 is 9.53 Å². The van der Waals surface area contributed by atoms with Crippen molar-refractivity contribution >= 4 is 17.5 Å². The number of rotatable bonds is 10. The fraction of sp³-hybridized carbons (Fsp3) is 0.343. The first kappa shape index (κ1) is 28.8. The molecule has 2 heterocycles. The lowest BCUT2D eigenvalue weighted by molar-refractivity contribution is -0.115. The van der Waals surface area contributed by atoms with Gasteiger partial charge in [0.1, 0.15) is 5.75 Å². The van der Waals surface area contributed by atoms with Crippen LogP contribution in [0.25, 0.3) is 11.3 Å². The zero-order valence-electron chi connectivity index (χ0n) is 25.1. The van der Waals surface area contributed by atoms with Gasteiger partial charge in [-0.15, -0.1) is 0 Å². The number of hydrogen-bond acceptors (Lipinski definition) is 7. The Bertz CT molecular complexity index is 1530. The lowest BCUT2D eigenvalue weighted by Crippen LogP contribution is -2.44. The summed E-state index contributed by atoms with van der Waals surface area (Å²) in [5, 5.41) is 6.49. The smallest absolute Gasteiger partial charge is 0.228 e. The minimum Gasteiger partial charge on any atom is -0.497 e. The van der Waals surface area contributed by atoms with Crippen LogP contribution < -0.4 is 15.4 Å². The van der Waals surface area contributed by atoms with Crippen LogP contribution in [0.15, 0.2) is 79.0 Å². The molecule has 43 heavy (non-hydrogen) atoms. The van der Waals surface area contributed by atoms with Crippen LogP contribution in [-0.2, 0) is 17.6 Å². The Balaban J connectivity index is 1.09. The standard InChI is InChI=1S/C35H40N6O2/c1-40-18-20-41(21-19-40)17-5-16-36-35-37-24-27-23-32(30-6-3-4-7-31(30)34(27)39-35)26-10-12-28(13-11-26)38-33(42)22-25-8-14-29(43-2)15-9-25/h3-4,6-15,24,32H,5,16-23H2,1-2H3,(H,38,42)(H,36,37,39). The van der Waals surface area contributed by atoms with Crippen molar-refractivity contribution in [3.05, 3.63) is 101 Å². The van der Waals surface area contributed by atoms with Gasteiger partial charge < -0.3 is 25.2 Å². The van der Waals surface area contributed by atoms with Gasteiger partial charge in [-0.2, -0.15) is 0 Å². The molecule has 3 aromatic carbocycles. The van der Waals surface area contributed by atoms with Crippen molar-refractivity contribution in [1.29, 1.82) is 0 Å². The highest BCUT2D eigenvalue weighted by Gasteiger charge is 2.27. The van der Waals surface area contributed by atoms with Crippen molar-refractivity contribution in [2.45, 2.75) is 25.2 Å². The monoisotopic (exact) mass is 576 g/mol. The molecular weight excluding hydrogens is 536 g/mol. The number of anilines is 2. The second-order valence-corrected chi connectivity index (χ2v) is 11.5. The van der Waals surface area contributed by atoms with Gasteiger partial charge in [0.2, 0.25) is 11.9 Å². The molecule has 2 N–H and O–H groups in total. The molecule has 1 unspecified atom stereocenters. The number of piperazine rings is 1. The van der Waals surface area contributed by atoms with Gasteiger partial charge in [-0.3, -0.25) is 4.79 Å². The molecule has 4 aromatic rings. The number of carbonyl (C=O) groups excluding carboxylic acids is 1. The topological polar surface area (TPSA) is 82.6 Å². The number of likely N-dealkylation sites (N-methyl/N-ethyl adjacent to an activating group) is 1. The van der Waals surface area contributed by atoms with E-state index in [1.54, 1.807) is 7.11 Å². The summed E-state index contributed by atoms with van der Waals surface area (Å²) in [6.07, 6.45) is 4.20. The minimum atomic E-state index is -0.0456. The summed E-state index contributed by atoms with van der Waals surface area (Å²) in [5.74, 6) is 1.62. The van der Waals surface area contributed by atoms with Gasteiger partial charge in [0.05, 0.1) is 19.2 Å². The van der Waals surface area contributed by atoms with Crippen LogP contribution in [0.1, 0.15) is 34.6 Å². The quantitative estimate of drug-likeness (QED) is 0.255. The van der Waals surface area contributed by atoms with Crippen LogP contribution in [0, 0.1) is 0 Å². The molecule has 1 fully saturated rings. The lowest BCUT2D eigenvalue weighted by Gasteiger charge is -2.32. The highest BCUT2D eigenvalue weighted by molar-refractivity contribution is 5.92. The number of ether oxygens (including phenoxy) is 1. The van der Waals surface area contributed by atoms with E-state index < -0.39 is 0 Å². The molecule has 0 radical (unpaired) electrons. The highest BCUT2D eigenvalue weighted by atomic mass is 16.5. The van der Waals surface area contributed by atoms with Gasteiger partial charge in [0.25, 0.3) is 0 Å². The van der Waals surface area contributed by atoms with Gasteiger partial charge in [-0.25, -0.2) is 9.97 Å². The first-order valence-electron chi connectivity index (χ1n) is 15.2. The summed E-state index contributed by atoms with van der Waals surface area (Å²) in [6.45, 7) is 6.54. The Morgan fingerprint density at radius 2 is 1.74 bits per heavy atom. The predicted octanol–water partition coefficient (Wildman–Crippen LogP) is 5.07. The van der Waals surface area contributed by atoms with Gasteiger partial charge in [0.15, 0.2) is 0 Å². The minimum absolute atomic E-state index is 0.0456. The third kappa shape index (κ3) is 7.04. The number of methoxy groups -OCH3 is 1. The number of fused-ring (bicyclic) bond motifs is 3. The zero-order valence-corrected chi connectivity index (χ0v) is 25.1. The Labute approximate surface area is 254 Å². The average Bonchev–Trinajstić information content (AvgIpc) is 3.04. The molecule has 0 saturated carbocycles.